The number of nitrogens with zero attached hydrogens (tertiary/aromatic N) is 1. The van der Waals surface area contributed by atoms with E-state index in [0.29, 0.717) is 33.4 Å². The van der Waals surface area contributed by atoms with Gasteiger partial charge in [0.2, 0.25) is 0 Å². The monoisotopic (exact) mass is 291 g/mol. The van der Waals surface area contributed by atoms with Crippen molar-refractivity contribution in [2.75, 3.05) is 12.4 Å². The van der Waals surface area contributed by atoms with E-state index in [-0.39, 0.29) is 5.91 Å². The Morgan fingerprint density at radius 1 is 1.55 bits per heavy atom. The van der Waals surface area contributed by atoms with E-state index in [2.05, 4.69) is 20.9 Å². The van der Waals surface area contributed by atoms with Gasteiger partial charge < -0.3 is 21.4 Å². The van der Waals surface area contributed by atoms with Crippen molar-refractivity contribution in [3.05, 3.63) is 40.6 Å². The SMILES string of the molecule is CN/C=C(\C=N)N/C(C)=C1\C(=O)Nc2cnc(Cl)cc21. The van der Waals surface area contributed by atoms with Gasteiger partial charge in [0.25, 0.3) is 5.91 Å². The van der Waals surface area contributed by atoms with Crippen molar-refractivity contribution in [3.8, 4) is 0 Å². The minimum Gasteiger partial charge on any atom is -0.392 e. The van der Waals surface area contributed by atoms with Gasteiger partial charge >= 0.3 is 0 Å². The number of amides is 1. The van der Waals surface area contributed by atoms with E-state index in [1.54, 1.807) is 26.2 Å². The summed E-state index contributed by atoms with van der Waals surface area (Å²) in [5.41, 5.74) is 3.00. The quantitative estimate of drug-likeness (QED) is 0.386. The van der Waals surface area contributed by atoms with Crippen LogP contribution in [0.3, 0.4) is 0 Å². The summed E-state index contributed by atoms with van der Waals surface area (Å²) in [6.45, 7) is 1.77. The molecule has 0 unspecified atom stereocenters. The molecule has 0 spiro atoms. The Bertz CT molecular complexity index is 636. The van der Waals surface area contributed by atoms with E-state index in [9.17, 15) is 4.79 Å². The van der Waals surface area contributed by atoms with Gasteiger partial charge in [-0.2, -0.15) is 0 Å². The molecule has 1 aromatic rings. The normalized spacial score (nSPS) is 16.4. The first-order valence-corrected chi connectivity index (χ1v) is 6.27. The number of carbonyl (C=O) groups excluding carboxylic acids is 1. The molecule has 1 aromatic heterocycles. The summed E-state index contributed by atoms with van der Waals surface area (Å²) in [6.07, 6.45) is 4.31. The molecule has 2 rings (SSSR count). The number of halogens is 1. The molecule has 0 aromatic carbocycles. The zero-order valence-electron chi connectivity index (χ0n) is 11.0. The minimum atomic E-state index is -0.220. The summed E-state index contributed by atoms with van der Waals surface area (Å²) < 4.78 is 0. The van der Waals surface area contributed by atoms with Crippen LogP contribution in [-0.4, -0.2) is 24.2 Å². The van der Waals surface area contributed by atoms with Gasteiger partial charge in [-0.3, -0.25) is 4.79 Å². The lowest BCUT2D eigenvalue weighted by molar-refractivity contribution is -0.110. The average Bonchev–Trinajstić information content (AvgIpc) is 2.73. The number of anilines is 1. The topological polar surface area (TPSA) is 89.9 Å². The second kappa shape index (κ2) is 5.75. The minimum absolute atomic E-state index is 0.220. The smallest absolute Gasteiger partial charge is 0.258 e. The third-order valence-corrected chi connectivity index (χ3v) is 2.98. The molecule has 7 heteroatoms. The Kier molecular flexibility index (Phi) is 4.05. The molecule has 0 radical (unpaired) electrons. The Labute approximate surface area is 121 Å². The van der Waals surface area contributed by atoms with Crippen molar-refractivity contribution < 1.29 is 4.79 Å². The van der Waals surface area contributed by atoms with Crippen molar-refractivity contribution in [2.24, 2.45) is 0 Å². The molecule has 0 aliphatic carbocycles. The van der Waals surface area contributed by atoms with Gasteiger partial charge in [-0.1, -0.05) is 11.6 Å². The molecule has 20 heavy (non-hydrogen) atoms. The number of nitrogens with one attached hydrogen (secondary N) is 4. The third kappa shape index (κ3) is 2.65. The number of hydrogen-bond donors (Lipinski definition) is 4. The average molecular weight is 292 g/mol. The largest absolute Gasteiger partial charge is 0.392 e. The van der Waals surface area contributed by atoms with Crippen LogP contribution in [0.5, 0.6) is 0 Å². The molecular formula is C13H14ClN5O. The first kappa shape index (κ1) is 14.1. The van der Waals surface area contributed by atoms with Crippen LogP contribution in [-0.2, 0) is 4.79 Å². The van der Waals surface area contributed by atoms with Crippen molar-refractivity contribution in [1.29, 1.82) is 5.41 Å². The summed E-state index contributed by atoms with van der Waals surface area (Å²) >= 11 is 5.87. The Morgan fingerprint density at radius 3 is 2.95 bits per heavy atom. The highest BCUT2D eigenvalue weighted by molar-refractivity contribution is 6.34. The lowest BCUT2D eigenvalue weighted by Gasteiger charge is -2.09. The highest BCUT2D eigenvalue weighted by Gasteiger charge is 2.27. The molecule has 0 saturated carbocycles. The van der Waals surface area contributed by atoms with E-state index in [4.69, 9.17) is 17.0 Å². The maximum Gasteiger partial charge on any atom is 0.258 e. The van der Waals surface area contributed by atoms with Crippen molar-refractivity contribution in [1.82, 2.24) is 15.6 Å². The van der Waals surface area contributed by atoms with Crippen LogP contribution in [0.2, 0.25) is 5.15 Å². The zero-order chi connectivity index (χ0) is 14.7. The van der Waals surface area contributed by atoms with Gasteiger partial charge in [0, 0.05) is 30.7 Å². The maximum atomic E-state index is 12.0. The highest BCUT2D eigenvalue weighted by Crippen LogP contribution is 2.34. The zero-order valence-corrected chi connectivity index (χ0v) is 11.8. The van der Waals surface area contributed by atoms with Gasteiger partial charge in [-0.05, 0) is 13.0 Å². The lowest BCUT2D eigenvalue weighted by Crippen LogP contribution is -2.18. The number of fused-ring (bicyclic) bond motifs is 1. The van der Waals surface area contributed by atoms with Gasteiger partial charge in [-0.25, -0.2) is 4.98 Å². The van der Waals surface area contributed by atoms with E-state index >= 15 is 0 Å². The van der Waals surface area contributed by atoms with E-state index in [1.807, 2.05) is 0 Å². The Morgan fingerprint density at radius 2 is 2.30 bits per heavy atom. The van der Waals surface area contributed by atoms with Crippen LogP contribution < -0.4 is 16.0 Å². The van der Waals surface area contributed by atoms with Crippen molar-refractivity contribution >= 4 is 35.0 Å². The predicted molar refractivity (Wildman–Crippen MR) is 79.5 cm³/mol. The second-order valence-corrected chi connectivity index (χ2v) is 4.55. The Balaban J connectivity index is 2.43. The van der Waals surface area contributed by atoms with Crippen LogP contribution >= 0.6 is 11.6 Å². The molecule has 0 saturated heterocycles. The molecule has 1 aliphatic rings. The molecule has 0 bridgehead atoms. The summed E-state index contributed by atoms with van der Waals surface area (Å²) in [6, 6.07) is 1.64. The summed E-state index contributed by atoms with van der Waals surface area (Å²) in [5.74, 6) is -0.220. The van der Waals surface area contributed by atoms with Crippen molar-refractivity contribution in [3.63, 3.8) is 0 Å². The van der Waals surface area contributed by atoms with Gasteiger partial charge in [0.05, 0.1) is 23.2 Å². The lowest BCUT2D eigenvalue weighted by atomic mass is 10.1. The number of hydrogen-bond acceptors (Lipinski definition) is 5. The second-order valence-electron chi connectivity index (χ2n) is 4.16. The molecular weight excluding hydrogens is 278 g/mol. The van der Waals surface area contributed by atoms with Gasteiger partial charge in [0.1, 0.15) is 5.15 Å². The van der Waals surface area contributed by atoms with Crippen LogP contribution in [0.1, 0.15) is 12.5 Å². The number of pyridine rings is 1. The number of aromatic nitrogens is 1. The standard InChI is InChI=1S/C13H14ClN5O/c1-7(18-8(4-15)5-16-2)12-9-3-11(14)17-6-10(9)19-13(12)20/h3-6,15-16,18H,1-2H3,(H,19,20)/b8-5+,12-7-,15-4?. The van der Waals surface area contributed by atoms with E-state index in [0.717, 1.165) is 6.21 Å². The first-order chi connectivity index (χ1) is 9.56. The fourth-order valence-electron chi connectivity index (χ4n) is 1.96. The molecule has 6 nitrogen and oxygen atoms in total. The van der Waals surface area contributed by atoms with Crippen LogP contribution in [0, 0.1) is 5.41 Å². The van der Waals surface area contributed by atoms with E-state index in [1.165, 1.54) is 6.20 Å². The first-order valence-electron chi connectivity index (χ1n) is 5.90. The number of carbonyl (C=O) groups is 1. The molecule has 0 fully saturated rings. The van der Waals surface area contributed by atoms with Gasteiger partial charge in [0.15, 0.2) is 0 Å². The predicted octanol–water partition coefficient (Wildman–Crippen LogP) is 1.72. The van der Waals surface area contributed by atoms with Crippen molar-refractivity contribution in [2.45, 2.75) is 6.92 Å². The van der Waals surface area contributed by atoms with E-state index < -0.39 is 0 Å². The van der Waals surface area contributed by atoms with Crippen LogP contribution in [0.15, 0.2) is 29.9 Å². The summed E-state index contributed by atoms with van der Waals surface area (Å²) in [5, 5.41) is 16.2. The highest BCUT2D eigenvalue weighted by atomic mass is 35.5. The molecule has 4 N–H and O–H groups in total. The fourth-order valence-corrected chi connectivity index (χ4v) is 2.12. The molecule has 104 valence electrons. The number of allylic oxidation sites excluding steroid dienone is 2. The maximum absolute atomic E-state index is 12.0. The summed E-state index contributed by atoms with van der Waals surface area (Å²) in [7, 11) is 1.73. The molecule has 0 atom stereocenters. The molecule has 1 aliphatic heterocycles. The van der Waals surface area contributed by atoms with Crippen LogP contribution in [0.4, 0.5) is 5.69 Å². The molecule has 2 heterocycles. The summed E-state index contributed by atoms with van der Waals surface area (Å²) in [4.78, 5) is 16.0. The molecule has 1 amide bonds. The fraction of sp³-hybridized carbons (Fsp3) is 0.154. The number of rotatable bonds is 4. The third-order valence-electron chi connectivity index (χ3n) is 2.78. The van der Waals surface area contributed by atoms with Crippen LogP contribution in [0.25, 0.3) is 5.57 Å². The van der Waals surface area contributed by atoms with Gasteiger partial charge in [-0.15, -0.1) is 0 Å². The Hall–Kier alpha value is -2.34.